The third kappa shape index (κ3) is 5.57. The van der Waals surface area contributed by atoms with Crippen molar-refractivity contribution in [3.8, 4) is 5.75 Å². The summed E-state index contributed by atoms with van der Waals surface area (Å²) in [5.41, 5.74) is 1.80. The van der Waals surface area contributed by atoms with Crippen LogP contribution < -0.4 is 10.1 Å². The molecule has 2 aromatic rings. The lowest BCUT2D eigenvalue weighted by molar-refractivity contribution is -0.274. The Morgan fingerprint density at radius 2 is 1.90 bits per heavy atom. The Labute approximate surface area is 181 Å². The van der Waals surface area contributed by atoms with Gasteiger partial charge in [0.1, 0.15) is 5.75 Å². The molecule has 4 nitrogen and oxygen atoms in total. The zero-order valence-electron chi connectivity index (χ0n) is 17.6. The zero-order valence-corrected chi connectivity index (χ0v) is 17.6. The predicted molar refractivity (Wildman–Crippen MR) is 112 cm³/mol. The molecule has 1 aliphatic heterocycles. The summed E-state index contributed by atoms with van der Waals surface area (Å²) < 4.78 is 47.7. The van der Waals surface area contributed by atoms with Crippen LogP contribution in [0.4, 0.5) is 13.2 Å². The molecule has 7 heteroatoms. The first-order valence-electron chi connectivity index (χ1n) is 11.0. The van der Waals surface area contributed by atoms with E-state index >= 15 is 0 Å². The quantitative estimate of drug-likeness (QED) is 0.583. The Balaban J connectivity index is 1.40. The van der Waals surface area contributed by atoms with Gasteiger partial charge in [0, 0.05) is 30.5 Å². The minimum atomic E-state index is -4.68. The number of rotatable bonds is 7. The molecule has 1 aliphatic carbocycles. The maximum absolute atomic E-state index is 12.5. The third-order valence-corrected chi connectivity index (χ3v) is 6.61. The fourth-order valence-electron chi connectivity index (χ4n) is 5.21. The molecule has 1 atom stereocenters. The minimum absolute atomic E-state index is 0.0287. The number of hydrogen-bond donors (Lipinski definition) is 1. The molecule has 0 bridgehead atoms. The monoisotopic (exact) mass is 434 g/mol. The molecule has 2 fully saturated rings. The van der Waals surface area contributed by atoms with Crippen molar-refractivity contribution in [3.63, 3.8) is 0 Å². The molecule has 1 aromatic carbocycles. The van der Waals surface area contributed by atoms with Crippen LogP contribution in [0, 0.1) is 0 Å². The molecule has 1 unspecified atom stereocenters. The highest BCUT2D eigenvalue weighted by atomic mass is 19.4. The summed E-state index contributed by atoms with van der Waals surface area (Å²) in [6.07, 6.45) is 4.65. The van der Waals surface area contributed by atoms with Crippen molar-refractivity contribution >= 4 is 0 Å². The Morgan fingerprint density at radius 3 is 2.65 bits per heavy atom. The average molecular weight is 435 g/mol. The van der Waals surface area contributed by atoms with Crippen LogP contribution in [-0.2, 0) is 16.7 Å². The molecule has 31 heavy (non-hydrogen) atoms. The molecule has 0 radical (unpaired) electrons. The van der Waals surface area contributed by atoms with E-state index in [0.717, 1.165) is 56.5 Å². The Hall–Kier alpha value is -2.12. The second kappa shape index (κ2) is 9.17. The van der Waals surface area contributed by atoms with Crippen LogP contribution in [0.5, 0.6) is 5.75 Å². The molecule has 1 spiro atoms. The van der Waals surface area contributed by atoms with Gasteiger partial charge in [-0.25, -0.2) is 0 Å². The second-order valence-corrected chi connectivity index (χ2v) is 8.78. The largest absolute Gasteiger partial charge is 0.573 e. The standard InChI is InChI=1S/C24H29F3N2O2/c25-24(26,27)31-20-7-5-6-19(16-20)17-28-14-11-22(21-8-1-4-13-29-21)12-15-30-23(18-22)9-2-3-10-23/h1,4-8,13,16,28H,2-3,9-12,14-15,17-18H2. The number of pyridine rings is 1. The average Bonchev–Trinajstić information content (AvgIpc) is 3.18. The number of alkyl halides is 3. The van der Waals surface area contributed by atoms with Crippen molar-refractivity contribution in [1.82, 2.24) is 10.3 Å². The Morgan fingerprint density at radius 1 is 1.06 bits per heavy atom. The zero-order chi connectivity index (χ0) is 21.8. The van der Waals surface area contributed by atoms with Crippen molar-refractivity contribution in [3.05, 3.63) is 59.9 Å². The van der Waals surface area contributed by atoms with Crippen LogP contribution >= 0.6 is 0 Å². The number of benzene rings is 1. The first kappa shape index (κ1) is 22.1. The van der Waals surface area contributed by atoms with Crippen LogP contribution in [0.3, 0.4) is 0 Å². The van der Waals surface area contributed by atoms with Gasteiger partial charge in [0.15, 0.2) is 0 Å². The lowest BCUT2D eigenvalue weighted by Gasteiger charge is -2.46. The van der Waals surface area contributed by atoms with Gasteiger partial charge in [0.2, 0.25) is 0 Å². The summed E-state index contributed by atoms with van der Waals surface area (Å²) in [6.45, 7) is 1.97. The number of aromatic nitrogens is 1. The van der Waals surface area contributed by atoms with Crippen molar-refractivity contribution in [2.75, 3.05) is 13.2 Å². The van der Waals surface area contributed by atoms with E-state index in [0.29, 0.717) is 6.54 Å². The number of halogens is 3. The van der Waals surface area contributed by atoms with Gasteiger partial charge < -0.3 is 14.8 Å². The van der Waals surface area contributed by atoms with Crippen molar-refractivity contribution < 1.29 is 22.6 Å². The molecule has 4 rings (SSSR count). The molecule has 168 valence electrons. The highest BCUT2D eigenvalue weighted by Gasteiger charge is 2.48. The van der Waals surface area contributed by atoms with E-state index in [2.05, 4.69) is 16.1 Å². The normalized spacial score (nSPS) is 23.2. The minimum Gasteiger partial charge on any atom is -0.406 e. The van der Waals surface area contributed by atoms with Crippen LogP contribution in [-0.4, -0.2) is 30.1 Å². The summed E-state index contributed by atoms with van der Waals surface area (Å²) in [6, 6.07) is 12.2. The fraction of sp³-hybridized carbons (Fsp3) is 0.542. The van der Waals surface area contributed by atoms with Gasteiger partial charge in [0.05, 0.1) is 5.60 Å². The summed E-state index contributed by atoms with van der Waals surface area (Å²) in [5, 5.41) is 3.41. The van der Waals surface area contributed by atoms with Crippen molar-refractivity contribution in [1.29, 1.82) is 0 Å². The number of nitrogens with one attached hydrogen (secondary N) is 1. The summed E-state index contributed by atoms with van der Waals surface area (Å²) in [4.78, 5) is 4.71. The summed E-state index contributed by atoms with van der Waals surface area (Å²) >= 11 is 0. The predicted octanol–water partition coefficient (Wildman–Crippen LogP) is 5.52. The van der Waals surface area contributed by atoms with E-state index in [4.69, 9.17) is 9.72 Å². The maximum atomic E-state index is 12.5. The van der Waals surface area contributed by atoms with E-state index in [-0.39, 0.29) is 16.8 Å². The van der Waals surface area contributed by atoms with Crippen LogP contribution in [0.25, 0.3) is 0 Å². The molecule has 1 N–H and O–H groups in total. The highest BCUT2D eigenvalue weighted by molar-refractivity contribution is 5.28. The Kier molecular flexibility index (Phi) is 6.53. The maximum Gasteiger partial charge on any atom is 0.573 e. The molecule has 1 saturated carbocycles. The van der Waals surface area contributed by atoms with Crippen molar-refractivity contribution in [2.45, 2.75) is 68.9 Å². The van der Waals surface area contributed by atoms with Gasteiger partial charge in [-0.15, -0.1) is 13.2 Å². The first-order valence-corrected chi connectivity index (χ1v) is 11.0. The van der Waals surface area contributed by atoms with Gasteiger partial charge in [-0.05, 0) is 68.5 Å². The molecule has 1 aromatic heterocycles. The molecular formula is C24H29F3N2O2. The highest BCUT2D eigenvalue weighted by Crippen LogP contribution is 2.49. The number of ether oxygens (including phenoxy) is 2. The molecule has 1 saturated heterocycles. The summed E-state index contributed by atoms with van der Waals surface area (Å²) in [7, 11) is 0. The molecule has 2 aliphatic rings. The van der Waals surface area contributed by atoms with Gasteiger partial charge in [0.25, 0.3) is 0 Å². The van der Waals surface area contributed by atoms with E-state index in [1.54, 1.807) is 12.1 Å². The van der Waals surface area contributed by atoms with Crippen LogP contribution in [0.1, 0.15) is 56.2 Å². The van der Waals surface area contributed by atoms with Gasteiger partial charge >= 0.3 is 6.36 Å². The molecule has 0 amide bonds. The number of nitrogens with zero attached hydrogens (tertiary/aromatic N) is 1. The van der Waals surface area contributed by atoms with Crippen molar-refractivity contribution in [2.24, 2.45) is 0 Å². The van der Waals surface area contributed by atoms with E-state index in [9.17, 15) is 13.2 Å². The van der Waals surface area contributed by atoms with Gasteiger partial charge in [-0.3, -0.25) is 4.98 Å². The third-order valence-electron chi connectivity index (χ3n) is 6.61. The van der Waals surface area contributed by atoms with E-state index in [1.165, 1.54) is 25.0 Å². The van der Waals surface area contributed by atoms with E-state index in [1.807, 2.05) is 18.3 Å². The second-order valence-electron chi connectivity index (χ2n) is 8.78. The Bertz CT molecular complexity index is 853. The first-order chi connectivity index (χ1) is 14.9. The topological polar surface area (TPSA) is 43.4 Å². The van der Waals surface area contributed by atoms with Crippen LogP contribution in [0.2, 0.25) is 0 Å². The lowest BCUT2D eigenvalue weighted by atomic mass is 9.68. The molecule has 2 heterocycles. The fourth-order valence-corrected chi connectivity index (χ4v) is 5.21. The van der Waals surface area contributed by atoms with Crippen LogP contribution in [0.15, 0.2) is 48.7 Å². The number of hydrogen-bond acceptors (Lipinski definition) is 4. The lowest BCUT2D eigenvalue weighted by Crippen LogP contribution is -2.47. The SMILES string of the molecule is FC(F)(F)Oc1cccc(CNCCC2(c3ccccn3)CCOC3(CCCC3)C2)c1. The summed E-state index contributed by atoms with van der Waals surface area (Å²) in [5.74, 6) is -0.190. The molecular weight excluding hydrogens is 405 g/mol. The smallest absolute Gasteiger partial charge is 0.406 e. The van der Waals surface area contributed by atoms with Gasteiger partial charge in [-0.2, -0.15) is 0 Å². The van der Waals surface area contributed by atoms with E-state index < -0.39 is 6.36 Å². The van der Waals surface area contributed by atoms with Gasteiger partial charge in [-0.1, -0.05) is 31.0 Å².